The van der Waals surface area contributed by atoms with Crippen LogP contribution in [0.1, 0.15) is 44.0 Å². The average molecular weight is 434 g/mol. The Kier molecular flexibility index (Phi) is 8.15. The molecule has 2 heterocycles. The number of rotatable bonds is 7. The Balaban J connectivity index is 1.32. The summed E-state index contributed by atoms with van der Waals surface area (Å²) >= 11 is 0. The van der Waals surface area contributed by atoms with Gasteiger partial charge < -0.3 is 24.4 Å². The second-order valence-corrected chi connectivity index (χ2v) is 9.04. The van der Waals surface area contributed by atoms with Crippen LogP contribution in [0.25, 0.3) is 0 Å². The van der Waals surface area contributed by atoms with Crippen LogP contribution in [0, 0.1) is 0 Å². The maximum atomic E-state index is 12.4. The zero-order valence-electron chi connectivity index (χ0n) is 18.9. The van der Waals surface area contributed by atoms with E-state index in [-0.39, 0.29) is 18.1 Å². The molecule has 0 bridgehead atoms. The SMILES string of the molecule is CC(C)(C)OC(=O)N1CCN(CCNC(=O)c2ccc(OCC3CCCO3)cc2)CC1. The molecule has 2 amide bonds. The van der Waals surface area contributed by atoms with Gasteiger partial charge in [0.25, 0.3) is 5.91 Å². The van der Waals surface area contributed by atoms with Crippen LogP contribution in [0.3, 0.4) is 0 Å². The Hall–Kier alpha value is -2.32. The molecule has 0 aromatic heterocycles. The summed E-state index contributed by atoms with van der Waals surface area (Å²) < 4.78 is 16.7. The smallest absolute Gasteiger partial charge is 0.410 e. The van der Waals surface area contributed by atoms with Gasteiger partial charge in [-0.2, -0.15) is 0 Å². The number of benzene rings is 1. The molecule has 8 heteroatoms. The monoisotopic (exact) mass is 433 g/mol. The summed E-state index contributed by atoms with van der Waals surface area (Å²) in [7, 11) is 0. The molecule has 1 aromatic carbocycles. The van der Waals surface area contributed by atoms with Crippen molar-refractivity contribution in [3.63, 3.8) is 0 Å². The van der Waals surface area contributed by atoms with Crippen molar-refractivity contribution in [2.75, 3.05) is 52.5 Å². The summed E-state index contributed by atoms with van der Waals surface area (Å²) in [5.41, 5.74) is 0.131. The van der Waals surface area contributed by atoms with E-state index in [9.17, 15) is 9.59 Å². The molecule has 0 radical (unpaired) electrons. The van der Waals surface area contributed by atoms with Gasteiger partial charge in [-0.3, -0.25) is 9.69 Å². The number of carbonyl (C=O) groups excluding carboxylic acids is 2. The number of nitrogens with one attached hydrogen (secondary N) is 1. The number of amides is 2. The van der Waals surface area contributed by atoms with E-state index in [2.05, 4.69) is 10.2 Å². The number of hydrogen-bond acceptors (Lipinski definition) is 6. The van der Waals surface area contributed by atoms with Crippen molar-refractivity contribution in [1.82, 2.24) is 15.1 Å². The van der Waals surface area contributed by atoms with Gasteiger partial charge in [0.1, 0.15) is 18.0 Å². The molecule has 1 N–H and O–H groups in total. The molecule has 172 valence electrons. The first kappa shape index (κ1) is 23.3. The fourth-order valence-electron chi connectivity index (χ4n) is 3.58. The van der Waals surface area contributed by atoms with Gasteiger partial charge in [0.05, 0.1) is 6.10 Å². The highest BCUT2D eigenvalue weighted by atomic mass is 16.6. The van der Waals surface area contributed by atoms with Gasteiger partial charge in [0, 0.05) is 51.4 Å². The van der Waals surface area contributed by atoms with E-state index in [4.69, 9.17) is 14.2 Å². The maximum absolute atomic E-state index is 12.4. The second kappa shape index (κ2) is 10.8. The fraction of sp³-hybridized carbons (Fsp3) is 0.652. The minimum Gasteiger partial charge on any atom is -0.491 e. The highest BCUT2D eigenvalue weighted by molar-refractivity contribution is 5.94. The van der Waals surface area contributed by atoms with Crippen LogP contribution in [0.15, 0.2) is 24.3 Å². The number of ether oxygens (including phenoxy) is 3. The zero-order valence-corrected chi connectivity index (χ0v) is 18.9. The van der Waals surface area contributed by atoms with Crippen LogP contribution >= 0.6 is 0 Å². The minimum absolute atomic E-state index is 0.0990. The largest absolute Gasteiger partial charge is 0.491 e. The molecule has 0 aliphatic carbocycles. The van der Waals surface area contributed by atoms with Crippen LogP contribution in [0.2, 0.25) is 0 Å². The second-order valence-electron chi connectivity index (χ2n) is 9.04. The summed E-state index contributed by atoms with van der Waals surface area (Å²) in [6, 6.07) is 7.19. The van der Waals surface area contributed by atoms with E-state index in [1.54, 1.807) is 17.0 Å². The Bertz CT molecular complexity index is 718. The summed E-state index contributed by atoms with van der Waals surface area (Å²) in [6.45, 7) is 11.1. The molecule has 31 heavy (non-hydrogen) atoms. The van der Waals surface area contributed by atoms with Crippen molar-refractivity contribution < 1.29 is 23.8 Å². The molecule has 1 aromatic rings. The molecule has 3 rings (SSSR count). The van der Waals surface area contributed by atoms with Crippen LogP contribution < -0.4 is 10.1 Å². The molecule has 1 atom stereocenters. The molecular formula is C23H35N3O5. The lowest BCUT2D eigenvalue weighted by molar-refractivity contribution is 0.0147. The van der Waals surface area contributed by atoms with Gasteiger partial charge in [-0.15, -0.1) is 0 Å². The first-order chi connectivity index (χ1) is 14.8. The molecule has 2 saturated heterocycles. The number of hydrogen-bond donors (Lipinski definition) is 1. The fourth-order valence-corrected chi connectivity index (χ4v) is 3.58. The van der Waals surface area contributed by atoms with Crippen molar-refractivity contribution in [2.24, 2.45) is 0 Å². The van der Waals surface area contributed by atoms with Crippen molar-refractivity contribution in [1.29, 1.82) is 0 Å². The van der Waals surface area contributed by atoms with Crippen LogP contribution in [-0.2, 0) is 9.47 Å². The van der Waals surface area contributed by atoms with E-state index in [0.29, 0.717) is 31.8 Å². The number of piperazine rings is 1. The summed E-state index contributed by atoms with van der Waals surface area (Å²) in [5, 5.41) is 2.96. The molecule has 2 aliphatic rings. The third-order valence-corrected chi connectivity index (χ3v) is 5.31. The Morgan fingerprint density at radius 3 is 2.45 bits per heavy atom. The molecule has 2 fully saturated rings. The van der Waals surface area contributed by atoms with Crippen LogP contribution in [0.4, 0.5) is 4.79 Å². The van der Waals surface area contributed by atoms with Crippen molar-refractivity contribution >= 4 is 12.0 Å². The molecule has 0 saturated carbocycles. The maximum Gasteiger partial charge on any atom is 0.410 e. The number of nitrogens with zero attached hydrogens (tertiary/aromatic N) is 2. The highest BCUT2D eigenvalue weighted by Crippen LogP contribution is 2.17. The zero-order chi connectivity index (χ0) is 22.3. The van der Waals surface area contributed by atoms with E-state index in [1.165, 1.54) is 0 Å². The lowest BCUT2D eigenvalue weighted by Gasteiger charge is -2.35. The molecular weight excluding hydrogens is 398 g/mol. The molecule has 0 spiro atoms. The normalized spacial score (nSPS) is 19.8. The third kappa shape index (κ3) is 7.70. The summed E-state index contributed by atoms with van der Waals surface area (Å²) in [5.74, 6) is 0.646. The lowest BCUT2D eigenvalue weighted by Crippen LogP contribution is -2.51. The van der Waals surface area contributed by atoms with Gasteiger partial charge in [-0.25, -0.2) is 4.79 Å². The van der Waals surface area contributed by atoms with Crippen molar-refractivity contribution in [2.45, 2.75) is 45.3 Å². The molecule has 1 unspecified atom stereocenters. The van der Waals surface area contributed by atoms with E-state index in [1.807, 2.05) is 32.9 Å². The van der Waals surface area contributed by atoms with Crippen molar-refractivity contribution in [3.05, 3.63) is 29.8 Å². The quantitative estimate of drug-likeness (QED) is 0.712. The Labute approximate surface area is 184 Å². The van der Waals surface area contributed by atoms with Gasteiger partial charge in [-0.05, 0) is 57.9 Å². The first-order valence-corrected chi connectivity index (χ1v) is 11.1. The predicted molar refractivity (Wildman–Crippen MR) is 117 cm³/mol. The summed E-state index contributed by atoms with van der Waals surface area (Å²) in [4.78, 5) is 28.5. The average Bonchev–Trinajstić information content (AvgIpc) is 3.25. The highest BCUT2D eigenvalue weighted by Gasteiger charge is 2.25. The number of carbonyl (C=O) groups is 2. The molecule has 2 aliphatic heterocycles. The standard InChI is InChI=1S/C23H35N3O5/c1-23(2,3)31-22(28)26-14-12-25(13-15-26)11-10-24-21(27)18-6-8-19(9-7-18)30-17-20-5-4-16-29-20/h6-9,20H,4-5,10-17H2,1-3H3,(H,24,27). The van der Waals surface area contributed by atoms with E-state index < -0.39 is 5.60 Å². The Morgan fingerprint density at radius 2 is 1.84 bits per heavy atom. The predicted octanol–water partition coefficient (Wildman–Crippen LogP) is 2.53. The first-order valence-electron chi connectivity index (χ1n) is 11.1. The van der Waals surface area contributed by atoms with Crippen LogP contribution in [0.5, 0.6) is 5.75 Å². The van der Waals surface area contributed by atoms with Gasteiger partial charge in [0.15, 0.2) is 0 Å². The Morgan fingerprint density at radius 1 is 1.13 bits per heavy atom. The van der Waals surface area contributed by atoms with Gasteiger partial charge in [0.2, 0.25) is 0 Å². The lowest BCUT2D eigenvalue weighted by atomic mass is 10.2. The van der Waals surface area contributed by atoms with E-state index in [0.717, 1.165) is 44.8 Å². The molecule has 8 nitrogen and oxygen atoms in total. The topological polar surface area (TPSA) is 80.3 Å². The van der Waals surface area contributed by atoms with Gasteiger partial charge >= 0.3 is 6.09 Å². The summed E-state index contributed by atoms with van der Waals surface area (Å²) in [6.07, 6.45) is 2.04. The van der Waals surface area contributed by atoms with E-state index >= 15 is 0 Å². The minimum atomic E-state index is -0.479. The third-order valence-electron chi connectivity index (χ3n) is 5.31. The van der Waals surface area contributed by atoms with Gasteiger partial charge in [-0.1, -0.05) is 0 Å². The van der Waals surface area contributed by atoms with Crippen molar-refractivity contribution in [3.8, 4) is 5.75 Å². The van der Waals surface area contributed by atoms with Crippen LogP contribution in [-0.4, -0.2) is 86.0 Å².